The second-order valence-corrected chi connectivity index (χ2v) is 13.2. The van der Waals surface area contributed by atoms with Crippen LogP contribution in [0.3, 0.4) is 0 Å². The number of ether oxygens (including phenoxy) is 3. The van der Waals surface area contributed by atoms with E-state index in [1.54, 1.807) is 85.7 Å². The van der Waals surface area contributed by atoms with Gasteiger partial charge in [-0.05, 0) is 59.4 Å². The first-order chi connectivity index (χ1) is 22.2. The lowest BCUT2D eigenvalue weighted by Crippen LogP contribution is -2.59. The van der Waals surface area contributed by atoms with E-state index in [1.807, 2.05) is 0 Å². The maximum Gasteiger partial charge on any atom is 0.408 e. The van der Waals surface area contributed by atoms with Gasteiger partial charge in [0.15, 0.2) is 0 Å². The quantitative estimate of drug-likeness (QED) is 0.0782. The number of carbonyl (C=O) groups excluding carboxylic acids is 6. The van der Waals surface area contributed by atoms with Gasteiger partial charge in [0.05, 0.1) is 6.42 Å². The van der Waals surface area contributed by atoms with Gasteiger partial charge in [0.1, 0.15) is 42.5 Å². The zero-order chi connectivity index (χ0) is 36.7. The summed E-state index contributed by atoms with van der Waals surface area (Å²) in [6.07, 6.45) is -2.26. The van der Waals surface area contributed by atoms with Crippen LogP contribution in [0.1, 0.15) is 80.2 Å². The number of carboxylic acid groups (broad SMARTS) is 1. The summed E-state index contributed by atoms with van der Waals surface area (Å²) < 4.78 is 15.9. The topological polar surface area (TPSA) is 228 Å². The first kappa shape index (κ1) is 41.3. The molecule has 0 heterocycles. The molecular weight excluding hydrogens is 630 g/mol. The van der Waals surface area contributed by atoms with Crippen LogP contribution in [0.4, 0.5) is 4.79 Å². The van der Waals surface area contributed by atoms with Gasteiger partial charge in [0, 0.05) is 6.42 Å². The lowest BCUT2D eigenvalue weighted by Gasteiger charge is -2.27. The Morgan fingerprint density at radius 1 is 0.750 bits per heavy atom. The van der Waals surface area contributed by atoms with Gasteiger partial charge in [-0.2, -0.15) is 0 Å². The second-order valence-electron chi connectivity index (χ2n) is 13.2. The molecule has 0 bridgehead atoms. The van der Waals surface area contributed by atoms with Gasteiger partial charge in [0.2, 0.25) is 11.8 Å². The van der Waals surface area contributed by atoms with Gasteiger partial charge in [0.25, 0.3) is 5.91 Å². The monoisotopic (exact) mass is 679 g/mol. The summed E-state index contributed by atoms with van der Waals surface area (Å²) in [5.41, 5.74) is 3.36. The largest absolute Gasteiger partial charge is 0.480 e. The van der Waals surface area contributed by atoms with Crippen LogP contribution in [0.2, 0.25) is 0 Å². The number of aliphatic carboxylic acids is 1. The van der Waals surface area contributed by atoms with E-state index in [0.717, 1.165) is 0 Å². The van der Waals surface area contributed by atoms with Crippen LogP contribution in [-0.4, -0.2) is 82.7 Å². The average molecular weight is 680 g/mol. The van der Waals surface area contributed by atoms with Gasteiger partial charge in [-0.25, -0.2) is 10.2 Å². The van der Waals surface area contributed by atoms with E-state index in [0.29, 0.717) is 5.56 Å². The molecule has 3 atom stereocenters. The minimum atomic E-state index is -1.57. The molecule has 0 fully saturated rings. The Morgan fingerprint density at radius 3 is 1.85 bits per heavy atom. The summed E-state index contributed by atoms with van der Waals surface area (Å²) in [5, 5.41) is 16.1. The number of nitrogens with one attached hydrogen (secondary N) is 5. The van der Waals surface area contributed by atoms with E-state index >= 15 is 0 Å². The molecule has 268 valence electrons. The highest BCUT2D eigenvalue weighted by Crippen LogP contribution is 2.13. The minimum Gasteiger partial charge on any atom is -0.480 e. The molecule has 1 unspecified atom stereocenters. The van der Waals surface area contributed by atoms with E-state index in [1.165, 1.54) is 0 Å². The fourth-order valence-electron chi connectivity index (χ4n) is 3.94. The maximum atomic E-state index is 13.6. The van der Waals surface area contributed by atoms with Crippen molar-refractivity contribution >= 4 is 41.7 Å². The summed E-state index contributed by atoms with van der Waals surface area (Å²) in [5.74, 6) is -5.84. The Morgan fingerprint density at radius 2 is 1.31 bits per heavy atom. The SMILES string of the molecule is CC(C)C(NC(=O)[C@H](CCC(=O)OC(C)(C)C)NC(=O)[C@H](CC(=O)OC(C)(C)C)NC(=O)OCc1ccccc1)C(=O)NNCC(=O)O. The number of hydrazine groups is 1. The zero-order valence-electron chi connectivity index (χ0n) is 28.8. The Hall–Kier alpha value is -4.73. The Kier molecular flexibility index (Phi) is 16.5. The third-order valence-electron chi connectivity index (χ3n) is 6.00. The third-order valence-corrected chi connectivity index (χ3v) is 6.00. The molecule has 0 saturated heterocycles. The summed E-state index contributed by atoms with van der Waals surface area (Å²) in [4.78, 5) is 88.5. The Balaban J connectivity index is 3.24. The van der Waals surface area contributed by atoms with E-state index in [4.69, 9.17) is 19.3 Å². The fraction of sp³-hybridized carbons (Fsp3) is 0.594. The van der Waals surface area contributed by atoms with Crippen molar-refractivity contribution in [2.45, 2.75) is 111 Å². The molecule has 0 spiro atoms. The highest BCUT2D eigenvalue weighted by Gasteiger charge is 2.33. The number of carbonyl (C=O) groups is 7. The number of hydrogen-bond donors (Lipinski definition) is 6. The predicted octanol–water partition coefficient (Wildman–Crippen LogP) is 1.47. The number of benzene rings is 1. The Labute approximate surface area is 280 Å². The van der Waals surface area contributed by atoms with E-state index in [2.05, 4.69) is 26.8 Å². The number of alkyl carbamates (subject to hydrolysis) is 1. The number of hydrogen-bond acceptors (Lipinski definition) is 11. The molecule has 1 rings (SSSR count). The molecule has 4 amide bonds. The Bertz CT molecular complexity index is 1270. The first-order valence-electron chi connectivity index (χ1n) is 15.4. The van der Waals surface area contributed by atoms with E-state index in [9.17, 15) is 33.6 Å². The molecule has 16 heteroatoms. The molecule has 1 aromatic rings. The molecule has 1 aromatic carbocycles. The van der Waals surface area contributed by atoms with Crippen LogP contribution in [0.15, 0.2) is 30.3 Å². The number of amides is 4. The van der Waals surface area contributed by atoms with Crippen molar-refractivity contribution in [1.82, 2.24) is 26.8 Å². The van der Waals surface area contributed by atoms with Gasteiger partial charge in [-0.15, -0.1) is 0 Å². The van der Waals surface area contributed by atoms with Gasteiger partial charge < -0.3 is 35.3 Å². The number of rotatable bonds is 17. The van der Waals surface area contributed by atoms with Crippen molar-refractivity contribution in [3.05, 3.63) is 35.9 Å². The third kappa shape index (κ3) is 17.8. The van der Waals surface area contributed by atoms with Crippen LogP contribution >= 0.6 is 0 Å². The van der Waals surface area contributed by atoms with Crippen molar-refractivity contribution in [2.24, 2.45) is 5.92 Å². The highest BCUT2D eigenvalue weighted by molar-refractivity contribution is 5.95. The molecule has 0 aliphatic carbocycles. The first-order valence-corrected chi connectivity index (χ1v) is 15.4. The molecule has 16 nitrogen and oxygen atoms in total. The molecule has 0 radical (unpaired) electrons. The summed E-state index contributed by atoms with van der Waals surface area (Å²) in [6, 6.07) is 4.52. The molecule has 6 N–H and O–H groups in total. The van der Waals surface area contributed by atoms with Crippen molar-refractivity contribution < 1.29 is 52.9 Å². The van der Waals surface area contributed by atoms with Crippen molar-refractivity contribution in [3.8, 4) is 0 Å². The lowest BCUT2D eigenvalue weighted by molar-refractivity contribution is -0.156. The average Bonchev–Trinajstić information content (AvgIpc) is 2.94. The van der Waals surface area contributed by atoms with Gasteiger partial charge in [-0.3, -0.25) is 34.2 Å². The minimum absolute atomic E-state index is 0.131. The van der Waals surface area contributed by atoms with Crippen LogP contribution in [0, 0.1) is 5.92 Å². The van der Waals surface area contributed by atoms with Crippen molar-refractivity contribution in [1.29, 1.82) is 0 Å². The smallest absolute Gasteiger partial charge is 0.408 e. The van der Waals surface area contributed by atoms with Crippen LogP contribution < -0.4 is 26.8 Å². The number of carboxylic acids is 1. The fourth-order valence-corrected chi connectivity index (χ4v) is 3.94. The normalized spacial score (nSPS) is 13.3. The summed E-state index contributed by atoms with van der Waals surface area (Å²) in [6.45, 7) is 12.4. The van der Waals surface area contributed by atoms with E-state index < -0.39 is 89.9 Å². The van der Waals surface area contributed by atoms with Crippen molar-refractivity contribution in [2.75, 3.05) is 6.54 Å². The van der Waals surface area contributed by atoms with Crippen LogP contribution in [0.25, 0.3) is 0 Å². The molecular formula is C32H49N5O11. The molecule has 0 aliphatic rings. The van der Waals surface area contributed by atoms with E-state index in [-0.39, 0.29) is 19.4 Å². The molecule has 0 aromatic heterocycles. The predicted molar refractivity (Wildman–Crippen MR) is 172 cm³/mol. The van der Waals surface area contributed by atoms with Gasteiger partial charge in [-0.1, -0.05) is 44.2 Å². The summed E-state index contributed by atoms with van der Waals surface area (Å²) >= 11 is 0. The number of esters is 2. The van der Waals surface area contributed by atoms with Gasteiger partial charge >= 0.3 is 24.0 Å². The van der Waals surface area contributed by atoms with Crippen LogP contribution in [0.5, 0.6) is 0 Å². The zero-order valence-corrected chi connectivity index (χ0v) is 28.8. The lowest BCUT2D eigenvalue weighted by atomic mass is 10.0. The molecule has 48 heavy (non-hydrogen) atoms. The van der Waals surface area contributed by atoms with Crippen molar-refractivity contribution in [3.63, 3.8) is 0 Å². The molecule has 0 saturated carbocycles. The highest BCUT2D eigenvalue weighted by atomic mass is 16.6. The standard InChI is InChI=1S/C32H49N5O11/c1-19(2)26(29(44)37-33-17-23(38)39)36-27(42)21(14-15-24(40)47-31(3,4)5)34-28(43)22(16-25(41)48-32(6,7)8)35-30(45)46-18-20-12-10-9-11-13-20/h9-13,19,21-22,26,33H,14-18H2,1-8H3,(H,34,43)(H,35,45)(H,36,42)(H,37,44)(H,38,39)/t21-,22-,26?/m0/s1. The van der Waals surface area contributed by atoms with Crippen LogP contribution in [-0.2, 0) is 49.6 Å². The second kappa shape index (κ2) is 19.2. The maximum absolute atomic E-state index is 13.6. The molecule has 0 aliphatic heterocycles. The summed E-state index contributed by atoms with van der Waals surface area (Å²) in [7, 11) is 0.